The van der Waals surface area contributed by atoms with Gasteiger partial charge in [0.05, 0.1) is 6.54 Å². The van der Waals surface area contributed by atoms with Gasteiger partial charge in [-0.3, -0.25) is 19.4 Å². The van der Waals surface area contributed by atoms with Crippen LogP contribution in [0.25, 0.3) is 0 Å². The van der Waals surface area contributed by atoms with Crippen molar-refractivity contribution in [2.24, 2.45) is 5.92 Å². The quantitative estimate of drug-likeness (QED) is 0.778. The molecule has 0 aromatic carbocycles. The second-order valence-electron chi connectivity index (χ2n) is 7.12. The van der Waals surface area contributed by atoms with E-state index < -0.39 is 0 Å². The summed E-state index contributed by atoms with van der Waals surface area (Å²) < 4.78 is 0. The maximum Gasteiger partial charge on any atom is 0.234 e. The summed E-state index contributed by atoms with van der Waals surface area (Å²) in [6.07, 6.45) is 2.29. The van der Waals surface area contributed by atoms with E-state index in [1.54, 1.807) is 6.92 Å². The summed E-state index contributed by atoms with van der Waals surface area (Å²) in [5.74, 6) is 0.937. The van der Waals surface area contributed by atoms with E-state index in [0.29, 0.717) is 24.5 Å². The minimum absolute atomic E-state index is 0.178. The molecular weight excluding hydrogens is 280 g/mol. The molecule has 22 heavy (non-hydrogen) atoms. The third-order valence-electron chi connectivity index (χ3n) is 5.19. The third kappa shape index (κ3) is 3.79. The largest absolute Gasteiger partial charge is 0.352 e. The van der Waals surface area contributed by atoms with E-state index in [1.807, 2.05) is 4.90 Å². The van der Waals surface area contributed by atoms with Crippen molar-refractivity contribution in [3.8, 4) is 0 Å². The lowest BCUT2D eigenvalue weighted by molar-refractivity contribution is -0.131. The molecule has 1 N–H and O–H groups in total. The molecule has 3 rings (SSSR count). The molecule has 3 fully saturated rings. The van der Waals surface area contributed by atoms with Crippen LogP contribution in [-0.2, 0) is 9.59 Å². The zero-order valence-electron chi connectivity index (χ0n) is 13.8. The van der Waals surface area contributed by atoms with Crippen LogP contribution in [0.3, 0.4) is 0 Å². The van der Waals surface area contributed by atoms with Crippen LogP contribution in [0.4, 0.5) is 0 Å². The number of piperazine rings is 1. The molecule has 124 valence electrons. The molecule has 2 saturated heterocycles. The number of amides is 2. The summed E-state index contributed by atoms with van der Waals surface area (Å²) in [4.78, 5) is 30.1. The lowest BCUT2D eigenvalue weighted by Crippen LogP contribution is -2.53. The van der Waals surface area contributed by atoms with Crippen molar-refractivity contribution in [3.05, 3.63) is 0 Å². The van der Waals surface area contributed by atoms with Gasteiger partial charge in [-0.05, 0) is 18.8 Å². The molecule has 1 saturated carbocycles. The van der Waals surface area contributed by atoms with E-state index in [1.165, 1.54) is 0 Å². The second-order valence-corrected chi connectivity index (χ2v) is 7.12. The highest BCUT2D eigenvalue weighted by molar-refractivity contribution is 5.78. The third-order valence-corrected chi connectivity index (χ3v) is 5.19. The molecule has 0 aromatic rings. The summed E-state index contributed by atoms with van der Waals surface area (Å²) in [7, 11) is 0. The first-order chi connectivity index (χ1) is 10.5. The van der Waals surface area contributed by atoms with Gasteiger partial charge >= 0.3 is 0 Å². The van der Waals surface area contributed by atoms with Gasteiger partial charge in [-0.1, -0.05) is 6.92 Å². The van der Waals surface area contributed by atoms with Gasteiger partial charge in [0, 0.05) is 58.3 Å². The SMILES string of the molecule is CC(=O)N1CCN(C2CN(CC(=O)NC3CC3)CC2C)CC1. The molecule has 2 atom stereocenters. The van der Waals surface area contributed by atoms with Gasteiger partial charge in [0.15, 0.2) is 0 Å². The Morgan fingerprint density at radius 2 is 1.77 bits per heavy atom. The van der Waals surface area contributed by atoms with Gasteiger partial charge in [0.1, 0.15) is 0 Å². The van der Waals surface area contributed by atoms with Crippen LogP contribution < -0.4 is 5.32 Å². The van der Waals surface area contributed by atoms with Crippen LogP contribution in [0.5, 0.6) is 0 Å². The highest BCUT2D eigenvalue weighted by atomic mass is 16.2. The molecule has 6 heteroatoms. The van der Waals surface area contributed by atoms with Crippen molar-refractivity contribution >= 4 is 11.8 Å². The Morgan fingerprint density at radius 1 is 1.09 bits per heavy atom. The molecule has 6 nitrogen and oxygen atoms in total. The smallest absolute Gasteiger partial charge is 0.234 e. The molecule has 1 aliphatic carbocycles. The molecule has 2 amide bonds. The van der Waals surface area contributed by atoms with Crippen molar-refractivity contribution in [2.45, 2.75) is 38.8 Å². The van der Waals surface area contributed by atoms with Crippen LogP contribution in [0.2, 0.25) is 0 Å². The Kier molecular flexibility index (Phi) is 4.68. The van der Waals surface area contributed by atoms with Crippen LogP contribution in [0.1, 0.15) is 26.7 Å². The number of hydrogen-bond donors (Lipinski definition) is 1. The standard InChI is InChI=1S/C16H28N4O2/c1-12-9-18(11-16(22)17-14-3-4-14)10-15(12)20-7-5-19(6-8-20)13(2)21/h12,14-15H,3-11H2,1-2H3,(H,17,22). The van der Waals surface area contributed by atoms with Gasteiger partial charge in [-0.2, -0.15) is 0 Å². The molecule has 2 heterocycles. The van der Waals surface area contributed by atoms with Gasteiger partial charge in [0.2, 0.25) is 11.8 Å². The van der Waals surface area contributed by atoms with Crippen molar-refractivity contribution in [1.29, 1.82) is 0 Å². The Labute approximate surface area is 132 Å². The second kappa shape index (κ2) is 6.54. The van der Waals surface area contributed by atoms with E-state index in [4.69, 9.17) is 0 Å². The highest BCUT2D eigenvalue weighted by Crippen LogP contribution is 2.23. The van der Waals surface area contributed by atoms with Crippen LogP contribution in [0.15, 0.2) is 0 Å². The van der Waals surface area contributed by atoms with E-state index in [2.05, 4.69) is 22.0 Å². The van der Waals surface area contributed by atoms with E-state index in [9.17, 15) is 9.59 Å². The van der Waals surface area contributed by atoms with Crippen molar-refractivity contribution in [2.75, 3.05) is 45.8 Å². The minimum atomic E-state index is 0.178. The first-order valence-electron chi connectivity index (χ1n) is 8.54. The van der Waals surface area contributed by atoms with Crippen molar-refractivity contribution in [3.63, 3.8) is 0 Å². The van der Waals surface area contributed by atoms with Gasteiger partial charge < -0.3 is 10.2 Å². The molecule has 0 bridgehead atoms. The van der Waals surface area contributed by atoms with Gasteiger partial charge in [-0.25, -0.2) is 0 Å². The predicted octanol–water partition coefficient (Wildman–Crippen LogP) is -0.251. The number of nitrogens with zero attached hydrogens (tertiary/aromatic N) is 3. The first kappa shape index (κ1) is 15.7. The van der Waals surface area contributed by atoms with E-state index in [0.717, 1.165) is 52.1 Å². The predicted molar refractivity (Wildman–Crippen MR) is 84.4 cm³/mol. The molecular formula is C16H28N4O2. The summed E-state index contributed by atoms with van der Waals surface area (Å²) in [5, 5.41) is 3.07. The van der Waals surface area contributed by atoms with Crippen LogP contribution in [0, 0.1) is 5.92 Å². The summed E-state index contributed by atoms with van der Waals surface area (Å²) in [6.45, 7) is 10.0. The van der Waals surface area contributed by atoms with E-state index >= 15 is 0 Å². The highest BCUT2D eigenvalue weighted by Gasteiger charge is 2.36. The zero-order chi connectivity index (χ0) is 15.7. The summed E-state index contributed by atoms with van der Waals surface area (Å²) >= 11 is 0. The molecule has 0 aromatic heterocycles. The Balaban J connectivity index is 1.46. The Bertz CT molecular complexity index is 430. The topological polar surface area (TPSA) is 55.9 Å². The average molecular weight is 308 g/mol. The lowest BCUT2D eigenvalue weighted by Gasteiger charge is -2.39. The van der Waals surface area contributed by atoms with Gasteiger partial charge in [-0.15, -0.1) is 0 Å². The average Bonchev–Trinajstić information content (AvgIpc) is 3.21. The Hall–Kier alpha value is -1.14. The normalized spacial score (nSPS) is 30.5. The van der Waals surface area contributed by atoms with Crippen molar-refractivity contribution in [1.82, 2.24) is 20.0 Å². The molecule has 3 aliphatic rings. The number of nitrogens with one attached hydrogen (secondary N) is 1. The van der Waals surface area contributed by atoms with Gasteiger partial charge in [0.25, 0.3) is 0 Å². The summed E-state index contributed by atoms with van der Waals surface area (Å²) in [5.41, 5.74) is 0. The van der Waals surface area contributed by atoms with Crippen LogP contribution in [-0.4, -0.2) is 84.4 Å². The fourth-order valence-corrected chi connectivity index (χ4v) is 3.72. The number of carbonyl (C=O) groups excluding carboxylic acids is 2. The zero-order valence-corrected chi connectivity index (χ0v) is 13.8. The summed E-state index contributed by atoms with van der Waals surface area (Å²) in [6, 6.07) is 0.964. The number of likely N-dealkylation sites (tertiary alicyclic amines) is 1. The maximum atomic E-state index is 11.9. The first-order valence-corrected chi connectivity index (χ1v) is 8.54. The van der Waals surface area contributed by atoms with Crippen LogP contribution >= 0.6 is 0 Å². The lowest BCUT2D eigenvalue weighted by atomic mass is 10.0. The minimum Gasteiger partial charge on any atom is -0.352 e. The fourth-order valence-electron chi connectivity index (χ4n) is 3.72. The number of carbonyl (C=O) groups is 2. The molecule has 0 radical (unpaired) electrons. The molecule has 2 aliphatic heterocycles. The number of rotatable bonds is 4. The Morgan fingerprint density at radius 3 is 2.36 bits per heavy atom. The fraction of sp³-hybridized carbons (Fsp3) is 0.875. The van der Waals surface area contributed by atoms with E-state index in [-0.39, 0.29) is 11.8 Å². The molecule has 0 spiro atoms. The molecule has 2 unspecified atom stereocenters. The monoisotopic (exact) mass is 308 g/mol. The number of hydrogen-bond acceptors (Lipinski definition) is 4. The van der Waals surface area contributed by atoms with Crippen molar-refractivity contribution < 1.29 is 9.59 Å². The maximum absolute atomic E-state index is 11.9.